The first-order valence-corrected chi connectivity index (χ1v) is 12.5. The van der Waals surface area contributed by atoms with Crippen LogP contribution in [-0.2, 0) is 14.5 Å². The van der Waals surface area contributed by atoms with E-state index in [9.17, 15) is 9.59 Å². The SMILES string of the molecule is CCCCCNC(=O)ON1CCC2(CC1)CC(C(=O)N1CCN(c3ncccc3Cl)CC1)=NO2. The Hall–Kier alpha value is -2.59. The normalized spacial score (nSPS) is 20.1. The molecule has 2 fully saturated rings. The lowest BCUT2D eigenvalue weighted by molar-refractivity contribution is -0.157. The summed E-state index contributed by atoms with van der Waals surface area (Å²) in [5.74, 6) is 0.675. The maximum Gasteiger partial charge on any atom is 0.426 e. The molecule has 2 saturated heterocycles. The molecule has 0 bridgehead atoms. The highest BCUT2D eigenvalue weighted by Gasteiger charge is 2.45. The standard InChI is InChI=1S/C23H33ClN6O4/c1-2-3-4-9-26-22(32)33-30-11-7-23(8-12-30)17-19(27-34-23)21(31)29-15-13-28(14-16-29)20-18(24)6-5-10-25-20/h5-6,10H,2-4,7-9,11-17H2,1H3,(H,26,32). The van der Waals surface area contributed by atoms with Gasteiger partial charge in [0.15, 0.2) is 0 Å². The summed E-state index contributed by atoms with van der Waals surface area (Å²) in [7, 11) is 0. The van der Waals surface area contributed by atoms with E-state index in [0.29, 0.717) is 75.8 Å². The highest BCUT2D eigenvalue weighted by atomic mass is 35.5. The number of piperidine rings is 1. The van der Waals surface area contributed by atoms with Crippen molar-refractivity contribution in [1.82, 2.24) is 20.3 Å². The lowest BCUT2D eigenvalue weighted by Crippen LogP contribution is -2.51. The fourth-order valence-corrected chi connectivity index (χ4v) is 4.76. The number of piperazine rings is 1. The molecule has 10 nitrogen and oxygen atoms in total. The minimum atomic E-state index is -0.494. The zero-order valence-electron chi connectivity index (χ0n) is 19.7. The van der Waals surface area contributed by atoms with Crippen LogP contribution < -0.4 is 10.2 Å². The Balaban J connectivity index is 1.20. The van der Waals surface area contributed by atoms with Gasteiger partial charge in [0.25, 0.3) is 5.91 Å². The number of nitrogens with zero attached hydrogens (tertiary/aromatic N) is 5. The van der Waals surface area contributed by atoms with Crippen LogP contribution in [0, 0.1) is 0 Å². The van der Waals surface area contributed by atoms with Crippen LogP contribution in [0.4, 0.5) is 10.6 Å². The predicted octanol–water partition coefficient (Wildman–Crippen LogP) is 2.83. The van der Waals surface area contributed by atoms with E-state index in [-0.39, 0.29) is 5.91 Å². The van der Waals surface area contributed by atoms with Crippen molar-refractivity contribution < 1.29 is 19.3 Å². The zero-order valence-corrected chi connectivity index (χ0v) is 20.4. The van der Waals surface area contributed by atoms with Crippen LogP contribution in [0.25, 0.3) is 0 Å². The molecular formula is C23H33ClN6O4. The van der Waals surface area contributed by atoms with E-state index < -0.39 is 11.7 Å². The summed E-state index contributed by atoms with van der Waals surface area (Å²) in [6, 6.07) is 3.63. The summed E-state index contributed by atoms with van der Waals surface area (Å²) in [5.41, 5.74) is -0.0291. The molecule has 1 spiro atoms. The number of anilines is 1. The number of rotatable bonds is 7. The molecule has 186 valence electrons. The molecule has 0 aromatic carbocycles. The summed E-state index contributed by atoms with van der Waals surface area (Å²) >= 11 is 6.26. The first kappa shape index (κ1) is 24.5. The number of carbonyl (C=O) groups is 2. The molecule has 2 amide bonds. The van der Waals surface area contributed by atoms with Gasteiger partial charge in [0.1, 0.15) is 17.1 Å². The quantitative estimate of drug-likeness (QED) is 0.584. The maximum atomic E-state index is 13.1. The molecule has 4 heterocycles. The average Bonchev–Trinajstić information content (AvgIpc) is 3.27. The van der Waals surface area contributed by atoms with Gasteiger partial charge in [-0.25, -0.2) is 9.78 Å². The van der Waals surface area contributed by atoms with Gasteiger partial charge in [-0.15, -0.1) is 5.06 Å². The summed E-state index contributed by atoms with van der Waals surface area (Å²) in [6.45, 7) is 6.31. The van der Waals surface area contributed by atoms with E-state index in [1.807, 2.05) is 11.0 Å². The number of unbranched alkanes of at least 4 members (excludes halogenated alkanes) is 2. The first-order valence-electron chi connectivity index (χ1n) is 12.1. The van der Waals surface area contributed by atoms with Crippen LogP contribution in [0.1, 0.15) is 45.4 Å². The van der Waals surface area contributed by atoms with E-state index in [4.69, 9.17) is 21.3 Å². The van der Waals surface area contributed by atoms with Crippen molar-refractivity contribution in [3.8, 4) is 0 Å². The van der Waals surface area contributed by atoms with Crippen molar-refractivity contribution in [3.05, 3.63) is 23.4 Å². The highest BCUT2D eigenvalue weighted by molar-refractivity contribution is 6.39. The lowest BCUT2D eigenvalue weighted by Gasteiger charge is -2.36. The molecule has 11 heteroatoms. The topological polar surface area (TPSA) is 99.6 Å². The van der Waals surface area contributed by atoms with Crippen molar-refractivity contribution in [1.29, 1.82) is 0 Å². The second-order valence-electron chi connectivity index (χ2n) is 9.02. The molecule has 1 aromatic rings. The van der Waals surface area contributed by atoms with Crippen LogP contribution in [0.5, 0.6) is 0 Å². The molecule has 1 N–H and O–H groups in total. The van der Waals surface area contributed by atoms with Crippen LogP contribution in [0.3, 0.4) is 0 Å². The Morgan fingerprint density at radius 3 is 2.65 bits per heavy atom. The van der Waals surface area contributed by atoms with Gasteiger partial charge in [-0.05, 0) is 18.6 Å². The van der Waals surface area contributed by atoms with Gasteiger partial charge in [0.2, 0.25) is 0 Å². The number of nitrogens with one attached hydrogen (secondary N) is 1. The molecule has 34 heavy (non-hydrogen) atoms. The predicted molar refractivity (Wildman–Crippen MR) is 129 cm³/mol. The van der Waals surface area contributed by atoms with Gasteiger partial charge in [-0.2, -0.15) is 0 Å². The van der Waals surface area contributed by atoms with Crippen molar-refractivity contribution >= 4 is 35.1 Å². The number of halogens is 1. The molecule has 0 saturated carbocycles. The number of carbonyl (C=O) groups excluding carboxylic acids is 2. The number of hydrogen-bond acceptors (Lipinski definition) is 8. The number of hydrogen-bond donors (Lipinski definition) is 1. The minimum Gasteiger partial charge on any atom is -0.388 e. The van der Waals surface area contributed by atoms with Crippen molar-refractivity contribution in [2.24, 2.45) is 5.16 Å². The monoisotopic (exact) mass is 492 g/mol. The van der Waals surface area contributed by atoms with Crippen LogP contribution in [0.15, 0.2) is 23.5 Å². The number of hydroxylamine groups is 2. The molecule has 1 aromatic heterocycles. The number of amides is 2. The smallest absolute Gasteiger partial charge is 0.388 e. The molecule has 0 atom stereocenters. The lowest BCUT2D eigenvalue weighted by atomic mass is 9.87. The number of aromatic nitrogens is 1. The zero-order chi connectivity index (χ0) is 24.0. The maximum absolute atomic E-state index is 13.1. The summed E-state index contributed by atoms with van der Waals surface area (Å²) in [6.07, 6.45) is 6.20. The van der Waals surface area contributed by atoms with Gasteiger partial charge in [-0.3, -0.25) is 4.79 Å². The summed E-state index contributed by atoms with van der Waals surface area (Å²) in [5, 5.41) is 9.21. The van der Waals surface area contributed by atoms with Crippen molar-refractivity contribution in [3.63, 3.8) is 0 Å². The number of oxime groups is 1. The molecule has 0 aliphatic carbocycles. The highest BCUT2D eigenvalue weighted by Crippen LogP contribution is 2.35. The summed E-state index contributed by atoms with van der Waals surface area (Å²) < 4.78 is 0. The van der Waals surface area contributed by atoms with E-state index >= 15 is 0 Å². The molecule has 0 radical (unpaired) electrons. The van der Waals surface area contributed by atoms with Crippen LogP contribution in [0.2, 0.25) is 5.02 Å². The van der Waals surface area contributed by atoms with Crippen LogP contribution >= 0.6 is 11.6 Å². The third-order valence-corrected chi connectivity index (χ3v) is 6.88. The Kier molecular flexibility index (Phi) is 8.10. The van der Waals surface area contributed by atoms with E-state index in [2.05, 4.69) is 27.3 Å². The first-order chi connectivity index (χ1) is 16.5. The third kappa shape index (κ3) is 5.90. The van der Waals surface area contributed by atoms with Gasteiger partial charge < -0.3 is 24.8 Å². The minimum absolute atomic E-state index is 0.0752. The Morgan fingerprint density at radius 1 is 1.18 bits per heavy atom. The summed E-state index contributed by atoms with van der Waals surface area (Å²) in [4.78, 5) is 44.4. The molecule has 3 aliphatic rings. The Labute approximate surface area is 205 Å². The second kappa shape index (κ2) is 11.2. The molecule has 0 unspecified atom stereocenters. The fraction of sp³-hybridized carbons (Fsp3) is 0.652. The fourth-order valence-electron chi connectivity index (χ4n) is 4.52. The van der Waals surface area contributed by atoms with Crippen LogP contribution in [-0.4, -0.2) is 84.1 Å². The average molecular weight is 493 g/mol. The van der Waals surface area contributed by atoms with Gasteiger partial charge in [0, 0.05) is 71.3 Å². The largest absolute Gasteiger partial charge is 0.426 e. The Morgan fingerprint density at radius 2 is 1.94 bits per heavy atom. The number of pyridine rings is 1. The molecule has 3 aliphatic heterocycles. The molecule has 4 rings (SSSR count). The van der Waals surface area contributed by atoms with Gasteiger partial charge in [0.05, 0.1) is 5.02 Å². The van der Waals surface area contributed by atoms with Gasteiger partial charge in [-0.1, -0.05) is 36.5 Å². The van der Waals surface area contributed by atoms with E-state index in [1.54, 1.807) is 17.3 Å². The second-order valence-corrected chi connectivity index (χ2v) is 9.43. The van der Waals surface area contributed by atoms with Gasteiger partial charge >= 0.3 is 6.09 Å². The molecular weight excluding hydrogens is 460 g/mol. The van der Waals surface area contributed by atoms with Crippen molar-refractivity contribution in [2.45, 2.75) is 51.0 Å². The Bertz CT molecular complexity index is 897. The van der Waals surface area contributed by atoms with E-state index in [0.717, 1.165) is 25.1 Å². The van der Waals surface area contributed by atoms with E-state index in [1.165, 1.54) is 0 Å². The third-order valence-electron chi connectivity index (χ3n) is 6.59. The van der Waals surface area contributed by atoms with Crippen molar-refractivity contribution in [2.75, 3.05) is 50.7 Å².